The molecule has 1 amide bonds. The van der Waals surface area contributed by atoms with Gasteiger partial charge in [-0.05, 0) is 55.3 Å². The van der Waals surface area contributed by atoms with E-state index in [9.17, 15) is 4.79 Å². The van der Waals surface area contributed by atoms with E-state index in [1.165, 1.54) is 6.21 Å². The van der Waals surface area contributed by atoms with Gasteiger partial charge in [0.05, 0.1) is 24.5 Å². The molecule has 0 saturated heterocycles. The fraction of sp³-hybridized carbons (Fsp3) is 0.273. The van der Waals surface area contributed by atoms with Crippen molar-refractivity contribution in [1.82, 2.24) is 5.43 Å². The van der Waals surface area contributed by atoms with Gasteiger partial charge in [-0.15, -0.1) is 0 Å². The van der Waals surface area contributed by atoms with Crippen LogP contribution in [0.4, 0.5) is 0 Å². The van der Waals surface area contributed by atoms with Crippen molar-refractivity contribution in [2.24, 2.45) is 5.10 Å². The molecule has 0 aliphatic heterocycles. The zero-order valence-electron chi connectivity index (χ0n) is 16.6. The molecule has 0 spiro atoms. The summed E-state index contributed by atoms with van der Waals surface area (Å²) in [5.41, 5.74) is 3.63. The monoisotopic (exact) mass is 416 g/mol. The predicted molar refractivity (Wildman–Crippen MR) is 116 cm³/mol. The molecule has 0 unspecified atom stereocenters. The summed E-state index contributed by atoms with van der Waals surface area (Å²) in [6, 6.07) is 10.2. The van der Waals surface area contributed by atoms with E-state index in [2.05, 4.69) is 17.1 Å². The van der Waals surface area contributed by atoms with Gasteiger partial charge < -0.3 is 14.2 Å². The first-order valence-corrected chi connectivity index (χ1v) is 9.73. The Morgan fingerprint density at radius 2 is 1.90 bits per heavy atom. The molecular weight excluding hydrogens is 392 g/mol. The largest absolute Gasteiger partial charge is 0.490 e. The van der Waals surface area contributed by atoms with Crippen molar-refractivity contribution in [2.45, 2.75) is 20.3 Å². The van der Waals surface area contributed by atoms with Crippen molar-refractivity contribution in [3.8, 4) is 17.2 Å². The number of hydrazone groups is 1. The van der Waals surface area contributed by atoms with Crippen molar-refractivity contribution >= 4 is 23.7 Å². The summed E-state index contributed by atoms with van der Waals surface area (Å²) in [6.45, 7) is 8.91. The summed E-state index contributed by atoms with van der Waals surface area (Å²) in [6.07, 6.45) is 4.03. The summed E-state index contributed by atoms with van der Waals surface area (Å²) < 4.78 is 16.6. The minimum atomic E-state index is -0.360. The first kappa shape index (κ1) is 22.3. The molecule has 6 nitrogen and oxygen atoms in total. The van der Waals surface area contributed by atoms with Gasteiger partial charge in [0.25, 0.3) is 5.91 Å². The number of ether oxygens (including phenoxy) is 3. The highest BCUT2D eigenvalue weighted by atomic mass is 35.5. The van der Waals surface area contributed by atoms with Gasteiger partial charge in [-0.2, -0.15) is 5.10 Å². The lowest BCUT2D eigenvalue weighted by Gasteiger charge is -2.12. The highest BCUT2D eigenvalue weighted by Crippen LogP contribution is 2.29. The van der Waals surface area contributed by atoms with Gasteiger partial charge in [-0.25, -0.2) is 5.43 Å². The Kier molecular flexibility index (Phi) is 9.05. The molecule has 0 radical (unpaired) electrons. The number of amides is 1. The van der Waals surface area contributed by atoms with Gasteiger partial charge in [-0.3, -0.25) is 4.79 Å². The molecule has 0 aliphatic carbocycles. The lowest BCUT2D eigenvalue weighted by molar-refractivity contribution is 0.0954. The maximum atomic E-state index is 12.4. The normalized spacial score (nSPS) is 10.6. The quantitative estimate of drug-likeness (QED) is 0.323. The molecule has 2 rings (SSSR count). The third-order valence-electron chi connectivity index (χ3n) is 3.66. The lowest BCUT2D eigenvalue weighted by Crippen LogP contribution is -2.17. The van der Waals surface area contributed by atoms with E-state index >= 15 is 0 Å². The van der Waals surface area contributed by atoms with Gasteiger partial charge in [0.1, 0.15) is 12.4 Å². The van der Waals surface area contributed by atoms with Crippen LogP contribution in [0, 0.1) is 0 Å². The van der Waals surface area contributed by atoms with Crippen molar-refractivity contribution < 1.29 is 19.0 Å². The summed E-state index contributed by atoms with van der Waals surface area (Å²) in [5, 5.41) is 4.44. The fourth-order valence-electron chi connectivity index (χ4n) is 2.34. The van der Waals surface area contributed by atoms with E-state index in [0.29, 0.717) is 47.7 Å². The van der Waals surface area contributed by atoms with E-state index < -0.39 is 0 Å². The topological polar surface area (TPSA) is 69.2 Å². The molecule has 0 bridgehead atoms. The third-order valence-corrected chi connectivity index (χ3v) is 3.96. The van der Waals surface area contributed by atoms with Gasteiger partial charge in [-0.1, -0.05) is 31.2 Å². The summed E-state index contributed by atoms with van der Waals surface area (Å²) >= 11 is 6.17. The number of carbonyl (C=O) groups excluding carboxylic acids is 1. The van der Waals surface area contributed by atoms with Crippen LogP contribution < -0.4 is 19.6 Å². The first-order valence-electron chi connectivity index (χ1n) is 9.35. The van der Waals surface area contributed by atoms with E-state index in [0.717, 1.165) is 12.0 Å². The van der Waals surface area contributed by atoms with E-state index in [1.807, 2.05) is 13.8 Å². The number of halogens is 1. The van der Waals surface area contributed by atoms with Gasteiger partial charge >= 0.3 is 0 Å². The standard InChI is InChI=1S/C22H25ClN2O4/c1-4-11-28-19-9-7-16(13-18(19)23)15-24-25-22(26)17-8-10-20(29-12-5-2)21(14-17)27-6-3/h4,7-10,13-15H,1,5-6,11-12H2,2-3H3,(H,25,26)/b24-15+. The zero-order chi connectivity index (χ0) is 21.1. The van der Waals surface area contributed by atoms with Gasteiger partial charge in [0.2, 0.25) is 0 Å². The first-order chi connectivity index (χ1) is 14.1. The number of rotatable bonds is 11. The SMILES string of the molecule is C=CCOc1ccc(/C=N/NC(=O)c2ccc(OCCC)c(OCC)c2)cc1Cl. The Labute approximate surface area is 176 Å². The second kappa shape index (κ2) is 11.8. The number of hydrogen-bond acceptors (Lipinski definition) is 5. The average molecular weight is 417 g/mol. The van der Waals surface area contributed by atoms with Crippen LogP contribution in [0.15, 0.2) is 54.2 Å². The molecule has 0 fully saturated rings. The smallest absolute Gasteiger partial charge is 0.271 e. The molecule has 7 heteroatoms. The molecule has 29 heavy (non-hydrogen) atoms. The van der Waals surface area contributed by atoms with Crippen LogP contribution in [0.3, 0.4) is 0 Å². The van der Waals surface area contributed by atoms with Crippen LogP contribution >= 0.6 is 11.6 Å². The minimum absolute atomic E-state index is 0.360. The highest BCUT2D eigenvalue weighted by molar-refractivity contribution is 6.32. The van der Waals surface area contributed by atoms with Gasteiger partial charge in [0.15, 0.2) is 11.5 Å². The number of nitrogens with zero attached hydrogens (tertiary/aromatic N) is 1. The van der Waals surface area contributed by atoms with Crippen LogP contribution in [-0.2, 0) is 0 Å². The highest BCUT2D eigenvalue weighted by Gasteiger charge is 2.11. The lowest BCUT2D eigenvalue weighted by atomic mass is 10.2. The molecule has 0 aromatic heterocycles. The molecule has 0 heterocycles. The van der Waals surface area contributed by atoms with Crippen molar-refractivity contribution in [3.63, 3.8) is 0 Å². The van der Waals surface area contributed by atoms with Gasteiger partial charge in [0, 0.05) is 5.56 Å². The van der Waals surface area contributed by atoms with Crippen LogP contribution in [0.1, 0.15) is 36.2 Å². The van der Waals surface area contributed by atoms with E-state index in [4.69, 9.17) is 25.8 Å². The number of nitrogens with one attached hydrogen (secondary N) is 1. The van der Waals surface area contributed by atoms with Crippen LogP contribution in [0.2, 0.25) is 5.02 Å². The summed E-state index contributed by atoms with van der Waals surface area (Å²) in [4.78, 5) is 12.4. The van der Waals surface area contributed by atoms with E-state index in [1.54, 1.807) is 42.5 Å². The predicted octanol–water partition coefficient (Wildman–Crippen LogP) is 4.86. The Hall–Kier alpha value is -2.99. The Balaban J connectivity index is 2.03. The number of benzene rings is 2. The number of carbonyl (C=O) groups is 1. The van der Waals surface area contributed by atoms with Crippen LogP contribution in [0.5, 0.6) is 17.2 Å². The van der Waals surface area contributed by atoms with Crippen LogP contribution in [0.25, 0.3) is 0 Å². The molecule has 0 saturated carbocycles. The third kappa shape index (κ3) is 6.84. The Morgan fingerprint density at radius 1 is 1.10 bits per heavy atom. The molecule has 154 valence electrons. The molecule has 0 aliphatic rings. The fourth-order valence-corrected chi connectivity index (χ4v) is 2.59. The van der Waals surface area contributed by atoms with E-state index in [-0.39, 0.29) is 5.91 Å². The molecule has 0 atom stereocenters. The van der Waals surface area contributed by atoms with Crippen LogP contribution in [-0.4, -0.2) is 31.9 Å². The van der Waals surface area contributed by atoms with Crippen molar-refractivity contribution in [2.75, 3.05) is 19.8 Å². The maximum absolute atomic E-state index is 12.4. The molecule has 2 aromatic carbocycles. The molecular formula is C22H25ClN2O4. The maximum Gasteiger partial charge on any atom is 0.271 e. The second-order valence-corrected chi connectivity index (χ2v) is 6.34. The summed E-state index contributed by atoms with van der Waals surface area (Å²) in [7, 11) is 0. The second-order valence-electron chi connectivity index (χ2n) is 5.93. The molecule has 1 N–H and O–H groups in total. The minimum Gasteiger partial charge on any atom is -0.490 e. The Bertz CT molecular complexity index is 868. The zero-order valence-corrected chi connectivity index (χ0v) is 17.4. The average Bonchev–Trinajstić information content (AvgIpc) is 2.72. The van der Waals surface area contributed by atoms with Crippen molar-refractivity contribution in [1.29, 1.82) is 0 Å². The van der Waals surface area contributed by atoms with Crippen molar-refractivity contribution in [3.05, 3.63) is 65.2 Å². The summed E-state index contributed by atoms with van der Waals surface area (Å²) in [5.74, 6) is 1.34. The molecule has 2 aromatic rings. The Morgan fingerprint density at radius 3 is 2.59 bits per heavy atom. The number of hydrogen-bond donors (Lipinski definition) is 1.